The summed E-state index contributed by atoms with van der Waals surface area (Å²) < 4.78 is 4.84. The molecule has 1 atom stereocenters. The zero-order valence-electron chi connectivity index (χ0n) is 11.4. The highest BCUT2D eigenvalue weighted by atomic mass is 16.6. The number of amides is 1. The van der Waals surface area contributed by atoms with Crippen LogP contribution < -0.4 is 0 Å². The Morgan fingerprint density at radius 3 is 2.65 bits per heavy atom. The van der Waals surface area contributed by atoms with Crippen LogP contribution in [0.4, 0.5) is 0 Å². The molecule has 106 valence electrons. The Balaban J connectivity index is 2.32. The third kappa shape index (κ3) is 2.42. The maximum Gasteiger partial charge on any atom is 0.362 e. The SMILES string of the molecule is CCOC(=O)C1(O)CC(C)=NN1C(=O)c1ccccc1. The molecule has 6 nitrogen and oxygen atoms in total. The lowest BCUT2D eigenvalue weighted by Crippen LogP contribution is -2.53. The van der Waals surface area contributed by atoms with Gasteiger partial charge in [0.1, 0.15) is 0 Å². The lowest BCUT2D eigenvalue weighted by atomic mass is 10.1. The van der Waals surface area contributed by atoms with Crippen molar-refractivity contribution in [2.45, 2.75) is 26.0 Å². The fraction of sp³-hybridized carbons (Fsp3) is 0.357. The van der Waals surface area contributed by atoms with Gasteiger partial charge in [0.2, 0.25) is 0 Å². The molecule has 1 unspecified atom stereocenters. The highest BCUT2D eigenvalue weighted by Crippen LogP contribution is 2.28. The molecule has 1 heterocycles. The van der Waals surface area contributed by atoms with Crippen LogP contribution in [0.2, 0.25) is 0 Å². The van der Waals surface area contributed by atoms with Crippen molar-refractivity contribution in [3.8, 4) is 0 Å². The number of rotatable bonds is 3. The van der Waals surface area contributed by atoms with Crippen molar-refractivity contribution < 1.29 is 19.4 Å². The molecule has 6 heteroatoms. The molecule has 20 heavy (non-hydrogen) atoms. The summed E-state index contributed by atoms with van der Waals surface area (Å²) in [6.07, 6.45) is -0.0512. The second-order valence-corrected chi connectivity index (χ2v) is 4.53. The molecule has 1 aromatic carbocycles. The monoisotopic (exact) mass is 276 g/mol. The van der Waals surface area contributed by atoms with E-state index in [9.17, 15) is 14.7 Å². The fourth-order valence-electron chi connectivity index (χ4n) is 2.04. The Kier molecular flexibility index (Phi) is 3.85. The first-order valence-electron chi connectivity index (χ1n) is 6.32. The first-order valence-corrected chi connectivity index (χ1v) is 6.32. The fourth-order valence-corrected chi connectivity index (χ4v) is 2.04. The van der Waals surface area contributed by atoms with E-state index in [1.165, 1.54) is 0 Å². The van der Waals surface area contributed by atoms with Crippen LogP contribution in [0.15, 0.2) is 35.4 Å². The molecule has 0 spiro atoms. The number of carbonyl (C=O) groups is 2. The van der Waals surface area contributed by atoms with Gasteiger partial charge in [-0.2, -0.15) is 10.1 Å². The number of benzene rings is 1. The Morgan fingerprint density at radius 1 is 1.40 bits per heavy atom. The molecule has 0 bridgehead atoms. The van der Waals surface area contributed by atoms with E-state index in [4.69, 9.17) is 4.74 Å². The molecule has 0 aliphatic carbocycles. The normalized spacial score (nSPS) is 21.6. The highest BCUT2D eigenvalue weighted by Gasteiger charge is 2.51. The molecule has 1 aliphatic rings. The van der Waals surface area contributed by atoms with E-state index < -0.39 is 17.6 Å². The number of esters is 1. The number of carbonyl (C=O) groups excluding carboxylic acids is 2. The Morgan fingerprint density at radius 2 is 2.05 bits per heavy atom. The predicted molar refractivity (Wildman–Crippen MR) is 71.9 cm³/mol. The van der Waals surface area contributed by atoms with E-state index in [1.54, 1.807) is 44.2 Å². The van der Waals surface area contributed by atoms with Gasteiger partial charge in [-0.15, -0.1) is 0 Å². The van der Waals surface area contributed by atoms with E-state index in [1.807, 2.05) is 0 Å². The molecule has 1 aliphatic heterocycles. The summed E-state index contributed by atoms with van der Waals surface area (Å²) in [5.41, 5.74) is -1.23. The highest BCUT2D eigenvalue weighted by molar-refractivity contribution is 6.02. The van der Waals surface area contributed by atoms with Crippen LogP contribution in [-0.2, 0) is 9.53 Å². The molecule has 0 saturated heterocycles. The van der Waals surface area contributed by atoms with Gasteiger partial charge in [-0.3, -0.25) is 4.79 Å². The van der Waals surface area contributed by atoms with Gasteiger partial charge in [0.05, 0.1) is 6.61 Å². The van der Waals surface area contributed by atoms with Gasteiger partial charge in [0.25, 0.3) is 11.6 Å². The van der Waals surface area contributed by atoms with Crippen molar-refractivity contribution >= 4 is 17.6 Å². The number of hydrogen-bond acceptors (Lipinski definition) is 5. The maximum atomic E-state index is 12.4. The van der Waals surface area contributed by atoms with Gasteiger partial charge in [-0.1, -0.05) is 18.2 Å². The average Bonchev–Trinajstić information content (AvgIpc) is 2.76. The number of hydrogen-bond donors (Lipinski definition) is 1. The summed E-state index contributed by atoms with van der Waals surface area (Å²) in [4.78, 5) is 24.3. The van der Waals surface area contributed by atoms with Crippen LogP contribution >= 0.6 is 0 Å². The molecular weight excluding hydrogens is 260 g/mol. The van der Waals surface area contributed by atoms with Crippen molar-refractivity contribution in [2.75, 3.05) is 6.61 Å². The summed E-state index contributed by atoms with van der Waals surface area (Å²) >= 11 is 0. The van der Waals surface area contributed by atoms with Gasteiger partial charge in [0.15, 0.2) is 0 Å². The average molecular weight is 276 g/mol. The molecule has 0 radical (unpaired) electrons. The van der Waals surface area contributed by atoms with E-state index in [0.717, 1.165) is 5.01 Å². The zero-order valence-corrected chi connectivity index (χ0v) is 11.4. The van der Waals surface area contributed by atoms with Crippen molar-refractivity contribution in [2.24, 2.45) is 5.10 Å². The zero-order chi connectivity index (χ0) is 14.8. The van der Waals surface area contributed by atoms with Crippen LogP contribution in [0.5, 0.6) is 0 Å². The summed E-state index contributed by atoms with van der Waals surface area (Å²) in [6.45, 7) is 3.39. The minimum Gasteiger partial charge on any atom is -0.462 e. The topological polar surface area (TPSA) is 79.2 Å². The maximum absolute atomic E-state index is 12.4. The van der Waals surface area contributed by atoms with Crippen LogP contribution in [0.25, 0.3) is 0 Å². The Hall–Kier alpha value is -2.21. The molecule has 1 N–H and O–H groups in total. The quantitative estimate of drug-likeness (QED) is 0.840. The smallest absolute Gasteiger partial charge is 0.362 e. The summed E-state index contributed by atoms with van der Waals surface area (Å²) in [7, 11) is 0. The second kappa shape index (κ2) is 5.42. The van der Waals surface area contributed by atoms with Gasteiger partial charge in [-0.25, -0.2) is 4.79 Å². The molecule has 0 fully saturated rings. The lowest BCUT2D eigenvalue weighted by molar-refractivity contribution is -0.179. The largest absolute Gasteiger partial charge is 0.462 e. The molecule has 1 amide bonds. The second-order valence-electron chi connectivity index (χ2n) is 4.53. The Labute approximate surface area is 116 Å². The molecular formula is C14H16N2O4. The summed E-state index contributed by atoms with van der Waals surface area (Å²) in [5, 5.41) is 15.2. The van der Waals surface area contributed by atoms with Crippen molar-refractivity contribution in [1.29, 1.82) is 0 Å². The predicted octanol–water partition coefficient (Wildman–Crippen LogP) is 1.16. The first kappa shape index (κ1) is 14.2. The number of hydrazone groups is 1. The summed E-state index contributed by atoms with van der Waals surface area (Å²) in [6, 6.07) is 8.35. The third-order valence-electron chi connectivity index (χ3n) is 2.94. The van der Waals surface area contributed by atoms with E-state index in [2.05, 4.69) is 5.10 Å². The molecule has 0 saturated carbocycles. The molecule has 0 aromatic heterocycles. The number of aliphatic hydroxyl groups is 1. The van der Waals surface area contributed by atoms with Crippen molar-refractivity contribution in [1.82, 2.24) is 5.01 Å². The first-order chi connectivity index (χ1) is 9.49. The Bertz CT molecular complexity index is 556. The van der Waals surface area contributed by atoms with Gasteiger partial charge < -0.3 is 9.84 Å². The van der Waals surface area contributed by atoms with Crippen LogP contribution in [-0.4, -0.2) is 40.0 Å². The minimum absolute atomic E-state index is 0.0512. The van der Waals surface area contributed by atoms with E-state index in [-0.39, 0.29) is 13.0 Å². The number of nitrogens with zero attached hydrogens (tertiary/aromatic N) is 2. The molecule has 2 rings (SSSR count). The van der Waals surface area contributed by atoms with Crippen LogP contribution in [0, 0.1) is 0 Å². The third-order valence-corrected chi connectivity index (χ3v) is 2.94. The standard InChI is InChI=1S/C14H16N2O4/c1-3-20-13(18)14(19)9-10(2)15-16(14)12(17)11-7-5-4-6-8-11/h4-8,19H,3,9H2,1-2H3. The van der Waals surface area contributed by atoms with Crippen LogP contribution in [0.3, 0.4) is 0 Å². The lowest BCUT2D eigenvalue weighted by Gasteiger charge is -2.28. The summed E-state index contributed by atoms with van der Waals surface area (Å²) in [5.74, 6) is -1.41. The van der Waals surface area contributed by atoms with E-state index >= 15 is 0 Å². The van der Waals surface area contributed by atoms with Crippen molar-refractivity contribution in [3.05, 3.63) is 35.9 Å². The van der Waals surface area contributed by atoms with Crippen molar-refractivity contribution in [3.63, 3.8) is 0 Å². The van der Waals surface area contributed by atoms with E-state index in [0.29, 0.717) is 11.3 Å². The van der Waals surface area contributed by atoms with Gasteiger partial charge >= 0.3 is 5.97 Å². The van der Waals surface area contributed by atoms with Crippen LogP contribution in [0.1, 0.15) is 30.6 Å². The molecule has 1 aromatic rings. The number of ether oxygens (including phenoxy) is 1. The van der Waals surface area contributed by atoms with Gasteiger partial charge in [0, 0.05) is 17.7 Å². The van der Waals surface area contributed by atoms with Gasteiger partial charge in [-0.05, 0) is 26.0 Å². The minimum atomic E-state index is -2.06.